The van der Waals surface area contributed by atoms with E-state index in [0.29, 0.717) is 0 Å². The lowest BCUT2D eigenvalue weighted by molar-refractivity contribution is -0.154. The van der Waals surface area contributed by atoms with Crippen LogP contribution < -0.4 is 0 Å². The van der Waals surface area contributed by atoms with E-state index >= 15 is 0 Å². The van der Waals surface area contributed by atoms with Crippen LogP contribution in [-0.2, 0) is 14.3 Å². The number of cyclic esters (lactones) is 2. The summed E-state index contributed by atoms with van der Waals surface area (Å²) < 4.78 is 4.65. The molecule has 1 saturated carbocycles. The van der Waals surface area contributed by atoms with Gasteiger partial charge < -0.3 is 4.74 Å². The maximum absolute atomic E-state index is 11.3. The molecule has 3 rings (SSSR count). The minimum absolute atomic E-state index is 0.150. The van der Waals surface area contributed by atoms with Gasteiger partial charge in [-0.15, -0.1) is 0 Å². The van der Waals surface area contributed by atoms with E-state index in [1.165, 1.54) is 5.57 Å². The van der Waals surface area contributed by atoms with Crippen molar-refractivity contribution in [1.29, 1.82) is 0 Å². The van der Waals surface area contributed by atoms with Gasteiger partial charge in [0.1, 0.15) is 0 Å². The quantitative estimate of drug-likeness (QED) is 0.314. The first-order valence-corrected chi connectivity index (χ1v) is 4.62. The van der Waals surface area contributed by atoms with Crippen molar-refractivity contribution in [2.75, 3.05) is 0 Å². The fourth-order valence-corrected chi connectivity index (χ4v) is 3.07. The molecule has 0 unspecified atom stereocenters. The van der Waals surface area contributed by atoms with E-state index in [-0.39, 0.29) is 35.6 Å². The molecule has 2 bridgehead atoms. The summed E-state index contributed by atoms with van der Waals surface area (Å²) in [6.45, 7) is 2.04. The highest BCUT2D eigenvalue weighted by molar-refractivity contribution is 5.98. The molecule has 2 fully saturated rings. The number of fused-ring (bicyclic) bond motifs is 5. The van der Waals surface area contributed by atoms with Crippen LogP contribution in [0.25, 0.3) is 0 Å². The summed E-state index contributed by atoms with van der Waals surface area (Å²) in [5, 5.41) is 0. The molecule has 1 heterocycles. The SMILES string of the molecule is CC1=C[C@@H]2C[C@H]1[C@@H]1C(=O)OC(=O)[C@H]12. The smallest absolute Gasteiger partial charge is 0.318 e. The van der Waals surface area contributed by atoms with E-state index in [2.05, 4.69) is 10.8 Å². The van der Waals surface area contributed by atoms with Crippen LogP contribution in [0.2, 0.25) is 0 Å². The normalized spacial score (nSPS) is 46.4. The van der Waals surface area contributed by atoms with E-state index in [9.17, 15) is 9.59 Å². The molecule has 1 saturated heterocycles. The lowest BCUT2D eigenvalue weighted by Gasteiger charge is -2.17. The van der Waals surface area contributed by atoms with Gasteiger partial charge in [-0.1, -0.05) is 11.6 Å². The second-order valence-electron chi connectivity index (χ2n) is 4.21. The van der Waals surface area contributed by atoms with Gasteiger partial charge in [-0.2, -0.15) is 0 Å². The molecule has 2 aliphatic carbocycles. The minimum atomic E-state index is -0.300. The van der Waals surface area contributed by atoms with Crippen LogP contribution in [0.5, 0.6) is 0 Å². The highest BCUT2D eigenvalue weighted by Gasteiger charge is 2.59. The van der Waals surface area contributed by atoms with Gasteiger partial charge in [0.15, 0.2) is 0 Å². The Labute approximate surface area is 75.8 Å². The molecule has 3 heteroatoms. The predicted molar refractivity (Wildman–Crippen MR) is 43.4 cm³/mol. The highest BCUT2D eigenvalue weighted by atomic mass is 16.6. The molecule has 0 aromatic carbocycles. The third-order valence-corrected chi connectivity index (χ3v) is 3.62. The zero-order valence-electron chi connectivity index (χ0n) is 7.32. The topological polar surface area (TPSA) is 43.4 Å². The van der Waals surface area contributed by atoms with Crippen LogP contribution in [0.15, 0.2) is 11.6 Å². The van der Waals surface area contributed by atoms with Crippen molar-refractivity contribution < 1.29 is 14.3 Å². The zero-order valence-corrected chi connectivity index (χ0v) is 7.32. The van der Waals surface area contributed by atoms with E-state index in [1.807, 2.05) is 6.92 Å². The van der Waals surface area contributed by atoms with Gasteiger partial charge in [-0.3, -0.25) is 9.59 Å². The first-order chi connectivity index (χ1) is 6.18. The molecule has 0 radical (unpaired) electrons. The van der Waals surface area contributed by atoms with Crippen molar-refractivity contribution in [3.63, 3.8) is 0 Å². The van der Waals surface area contributed by atoms with Crippen LogP contribution in [0.4, 0.5) is 0 Å². The molecule has 0 aromatic rings. The van der Waals surface area contributed by atoms with Gasteiger partial charge in [0, 0.05) is 0 Å². The molecular formula is C10H10O3. The molecule has 13 heavy (non-hydrogen) atoms. The van der Waals surface area contributed by atoms with Crippen molar-refractivity contribution in [2.45, 2.75) is 13.3 Å². The predicted octanol–water partition coefficient (Wildman–Crippen LogP) is 0.898. The summed E-state index contributed by atoms with van der Waals surface area (Å²) in [5.41, 5.74) is 1.26. The summed E-state index contributed by atoms with van der Waals surface area (Å²) >= 11 is 0. The Balaban J connectivity index is 2.08. The third-order valence-electron chi connectivity index (χ3n) is 3.62. The Bertz CT molecular complexity index is 342. The van der Waals surface area contributed by atoms with Crippen molar-refractivity contribution in [3.8, 4) is 0 Å². The average Bonchev–Trinajstić information content (AvgIpc) is 2.64. The number of allylic oxidation sites excluding steroid dienone is 2. The summed E-state index contributed by atoms with van der Waals surface area (Å²) in [6, 6.07) is 0. The Morgan fingerprint density at radius 2 is 2.00 bits per heavy atom. The van der Waals surface area contributed by atoms with E-state index in [1.54, 1.807) is 0 Å². The Hall–Kier alpha value is -1.12. The van der Waals surface area contributed by atoms with Gasteiger partial charge in [0.25, 0.3) is 0 Å². The number of hydrogen-bond donors (Lipinski definition) is 0. The van der Waals surface area contributed by atoms with Crippen LogP contribution in [0.3, 0.4) is 0 Å². The standard InChI is InChI=1S/C10H10O3/c1-4-2-5-3-6(4)8-7(5)9(11)13-10(8)12/h2,5-8H,3H2,1H3/t5-,6-,7+,8+/m1/s1. The Morgan fingerprint density at radius 3 is 2.77 bits per heavy atom. The minimum Gasteiger partial charge on any atom is -0.393 e. The van der Waals surface area contributed by atoms with E-state index < -0.39 is 0 Å². The molecule has 4 atom stereocenters. The highest BCUT2D eigenvalue weighted by Crippen LogP contribution is 2.54. The molecule has 68 valence electrons. The van der Waals surface area contributed by atoms with Gasteiger partial charge in [0.2, 0.25) is 0 Å². The van der Waals surface area contributed by atoms with Crippen LogP contribution in [0.1, 0.15) is 13.3 Å². The van der Waals surface area contributed by atoms with E-state index in [0.717, 1.165) is 6.42 Å². The molecule has 0 aromatic heterocycles. The molecule has 0 N–H and O–H groups in total. The number of esters is 2. The van der Waals surface area contributed by atoms with Gasteiger partial charge in [-0.25, -0.2) is 0 Å². The fraction of sp³-hybridized carbons (Fsp3) is 0.600. The maximum atomic E-state index is 11.3. The molecular weight excluding hydrogens is 168 g/mol. The molecule has 0 spiro atoms. The summed E-state index contributed by atoms with van der Waals surface area (Å²) in [7, 11) is 0. The summed E-state index contributed by atoms with van der Waals surface area (Å²) in [5.74, 6) is -0.340. The number of carbonyl (C=O) groups is 2. The van der Waals surface area contributed by atoms with Crippen molar-refractivity contribution in [1.82, 2.24) is 0 Å². The largest absolute Gasteiger partial charge is 0.393 e. The first kappa shape index (κ1) is 7.30. The van der Waals surface area contributed by atoms with E-state index in [4.69, 9.17) is 0 Å². The van der Waals surface area contributed by atoms with Gasteiger partial charge in [0.05, 0.1) is 11.8 Å². The Kier molecular flexibility index (Phi) is 1.14. The number of ether oxygens (including phenoxy) is 1. The summed E-state index contributed by atoms with van der Waals surface area (Å²) in [6.07, 6.45) is 3.10. The maximum Gasteiger partial charge on any atom is 0.318 e. The third kappa shape index (κ3) is 0.705. The Morgan fingerprint density at radius 1 is 1.31 bits per heavy atom. The second kappa shape index (κ2) is 2.03. The van der Waals surface area contributed by atoms with Crippen molar-refractivity contribution in [3.05, 3.63) is 11.6 Å². The number of carbonyl (C=O) groups excluding carboxylic acids is 2. The van der Waals surface area contributed by atoms with Crippen LogP contribution in [0, 0.1) is 23.7 Å². The lowest BCUT2D eigenvalue weighted by Crippen LogP contribution is -2.23. The molecule has 1 aliphatic heterocycles. The molecule has 3 aliphatic rings. The second-order valence-corrected chi connectivity index (χ2v) is 4.21. The molecule has 3 nitrogen and oxygen atoms in total. The lowest BCUT2D eigenvalue weighted by atomic mass is 9.82. The van der Waals surface area contributed by atoms with Crippen molar-refractivity contribution >= 4 is 11.9 Å². The van der Waals surface area contributed by atoms with Crippen LogP contribution in [-0.4, -0.2) is 11.9 Å². The average molecular weight is 178 g/mol. The zero-order chi connectivity index (χ0) is 9.16. The van der Waals surface area contributed by atoms with Gasteiger partial charge in [-0.05, 0) is 25.2 Å². The molecule has 0 amide bonds. The van der Waals surface area contributed by atoms with Crippen LogP contribution >= 0.6 is 0 Å². The first-order valence-electron chi connectivity index (χ1n) is 4.62. The fourth-order valence-electron chi connectivity index (χ4n) is 3.07. The number of rotatable bonds is 0. The number of hydrogen-bond acceptors (Lipinski definition) is 3. The monoisotopic (exact) mass is 178 g/mol. The van der Waals surface area contributed by atoms with Gasteiger partial charge >= 0.3 is 11.9 Å². The summed E-state index contributed by atoms with van der Waals surface area (Å²) in [4.78, 5) is 22.6. The van der Waals surface area contributed by atoms with Crippen molar-refractivity contribution in [2.24, 2.45) is 23.7 Å².